The Balaban J connectivity index is 2.44. The summed E-state index contributed by atoms with van der Waals surface area (Å²) in [6, 6.07) is 6.95. The highest BCUT2D eigenvalue weighted by molar-refractivity contribution is 5.95. The number of nitrogens with two attached hydrogens (primary N) is 1. The molecular formula is C14H16N4O3. The van der Waals surface area contributed by atoms with E-state index in [2.05, 4.69) is 4.98 Å². The van der Waals surface area contributed by atoms with E-state index in [0.29, 0.717) is 17.7 Å². The average molecular weight is 288 g/mol. The highest BCUT2D eigenvalue weighted by Crippen LogP contribution is 2.11. The molecule has 0 spiro atoms. The van der Waals surface area contributed by atoms with Crippen molar-refractivity contribution in [2.45, 2.75) is 19.9 Å². The van der Waals surface area contributed by atoms with Gasteiger partial charge in [-0.15, -0.1) is 0 Å². The van der Waals surface area contributed by atoms with Gasteiger partial charge in [0, 0.05) is 5.56 Å². The van der Waals surface area contributed by atoms with Gasteiger partial charge in [0.05, 0.1) is 12.2 Å². The predicted octanol–water partition coefficient (Wildman–Crippen LogP) is 0.769. The van der Waals surface area contributed by atoms with Crippen molar-refractivity contribution in [3.63, 3.8) is 0 Å². The summed E-state index contributed by atoms with van der Waals surface area (Å²) in [4.78, 5) is 25.4. The average Bonchev–Trinajstić information content (AvgIpc) is 2.76. The predicted molar refractivity (Wildman–Crippen MR) is 78.0 cm³/mol. The van der Waals surface area contributed by atoms with Gasteiger partial charge in [-0.2, -0.15) is 0 Å². The summed E-state index contributed by atoms with van der Waals surface area (Å²) in [5.41, 5.74) is 6.68. The van der Waals surface area contributed by atoms with E-state index in [9.17, 15) is 9.59 Å². The number of nitrogen functional groups attached to an aromatic ring is 1. The van der Waals surface area contributed by atoms with E-state index < -0.39 is 11.7 Å². The molecule has 1 aromatic carbocycles. The minimum absolute atomic E-state index is 0.0554. The third-order valence-corrected chi connectivity index (χ3v) is 3.22. The Bertz CT molecular complexity index is 758. The Kier molecular flexibility index (Phi) is 3.93. The number of nitrogens with one attached hydrogen (secondary N) is 2. The molecule has 0 aliphatic rings. The van der Waals surface area contributed by atoms with Gasteiger partial charge in [0.2, 0.25) is 0 Å². The second-order valence-corrected chi connectivity index (χ2v) is 4.61. The van der Waals surface area contributed by atoms with Crippen LogP contribution in [0.3, 0.4) is 0 Å². The molecule has 2 aromatic rings. The van der Waals surface area contributed by atoms with Crippen LogP contribution in [0, 0.1) is 5.41 Å². The molecule has 0 amide bonds. The number of H-pyrrole nitrogens is 1. The SMILES string of the molecule is CCc1c(C(=O)O)[nH]c(=O)n1Cc1cccc(C(=N)N)c1. The van der Waals surface area contributed by atoms with Crippen molar-refractivity contribution in [1.82, 2.24) is 9.55 Å². The Hall–Kier alpha value is -2.83. The van der Waals surface area contributed by atoms with Crippen molar-refractivity contribution < 1.29 is 9.90 Å². The van der Waals surface area contributed by atoms with Crippen molar-refractivity contribution in [2.24, 2.45) is 5.73 Å². The third kappa shape index (κ3) is 2.86. The first-order valence-corrected chi connectivity index (χ1v) is 6.42. The van der Waals surface area contributed by atoms with Crippen molar-refractivity contribution in [3.8, 4) is 0 Å². The monoisotopic (exact) mass is 288 g/mol. The van der Waals surface area contributed by atoms with Gasteiger partial charge in [-0.1, -0.05) is 25.1 Å². The van der Waals surface area contributed by atoms with Gasteiger partial charge in [-0.3, -0.25) is 15.0 Å². The molecule has 7 nitrogen and oxygen atoms in total. The smallest absolute Gasteiger partial charge is 0.354 e. The molecule has 7 heteroatoms. The molecule has 5 N–H and O–H groups in total. The van der Waals surface area contributed by atoms with Gasteiger partial charge in [0.1, 0.15) is 11.5 Å². The first-order valence-electron chi connectivity index (χ1n) is 6.42. The number of aromatic carboxylic acids is 1. The minimum atomic E-state index is -1.15. The van der Waals surface area contributed by atoms with E-state index in [-0.39, 0.29) is 18.1 Å². The lowest BCUT2D eigenvalue weighted by Crippen LogP contribution is -2.20. The van der Waals surface area contributed by atoms with E-state index in [1.807, 2.05) is 0 Å². The van der Waals surface area contributed by atoms with Crippen LogP contribution >= 0.6 is 0 Å². The summed E-state index contributed by atoms with van der Waals surface area (Å²) in [7, 11) is 0. The lowest BCUT2D eigenvalue weighted by atomic mass is 10.1. The van der Waals surface area contributed by atoms with E-state index in [0.717, 1.165) is 5.56 Å². The summed E-state index contributed by atoms with van der Waals surface area (Å²) in [6.07, 6.45) is 0.423. The van der Waals surface area contributed by atoms with Crippen LogP contribution in [-0.2, 0) is 13.0 Å². The number of carboxylic acid groups (broad SMARTS) is 1. The number of benzene rings is 1. The molecule has 0 radical (unpaired) electrons. The van der Waals surface area contributed by atoms with Gasteiger partial charge >= 0.3 is 11.7 Å². The zero-order valence-corrected chi connectivity index (χ0v) is 11.5. The maximum atomic E-state index is 11.9. The van der Waals surface area contributed by atoms with Gasteiger partial charge in [-0.25, -0.2) is 9.59 Å². The number of aromatic amines is 1. The minimum Gasteiger partial charge on any atom is -0.477 e. The number of carboxylic acids is 1. The van der Waals surface area contributed by atoms with Crippen LogP contribution in [0.4, 0.5) is 0 Å². The Morgan fingerprint density at radius 3 is 2.76 bits per heavy atom. The van der Waals surface area contributed by atoms with Crippen LogP contribution in [-0.4, -0.2) is 26.5 Å². The van der Waals surface area contributed by atoms with Crippen LogP contribution in [0.15, 0.2) is 29.1 Å². The highest BCUT2D eigenvalue weighted by Gasteiger charge is 2.17. The summed E-state index contributed by atoms with van der Waals surface area (Å²) >= 11 is 0. The molecule has 0 bridgehead atoms. The molecule has 1 aromatic heterocycles. The normalized spacial score (nSPS) is 10.5. The second-order valence-electron chi connectivity index (χ2n) is 4.61. The van der Waals surface area contributed by atoms with E-state index >= 15 is 0 Å². The van der Waals surface area contributed by atoms with Crippen LogP contribution in [0.5, 0.6) is 0 Å². The fourth-order valence-electron chi connectivity index (χ4n) is 2.24. The van der Waals surface area contributed by atoms with Crippen LogP contribution in [0.25, 0.3) is 0 Å². The first kappa shape index (κ1) is 14.6. The number of carbonyl (C=O) groups is 1. The molecule has 2 rings (SSSR count). The Labute approximate surface area is 120 Å². The van der Waals surface area contributed by atoms with E-state index in [4.69, 9.17) is 16.2 Å². The molecule has 1 heterocycles. The van der Waals surface area contributed by atoms with Crippen molar-refractivity contribution >= 4 is 11.8 Å². The molecule has 110 valence electrons. The lowest BCUT2D eigenvalue weighted by Gasteiger charge is -2.08. The zero-order valence-electron chi connectivity index (χ0n) is 11.5. The molecule has 0 atom stereocenters. The van der Waals surface area contributed by atoms with Gasteiger partial charge in [0.25, 0.3) is 0 Å². The van der Waals surface area contributed by atoms with Gasteiger partial charge in [0.15, 0.2) is 0 Å². The fourth-order valence-corrected chi connectivity index (χ4v) is 2.24. The highest BCUT2D eigenvalue weighted by atomic mass is 16.4. The maximum absolute atomic E-state index is 11.9. The van der Waals surface area contributed by atoms with Crippen molar-refractivity contribution in [2.75, 3.05) is 0 Å². The molecule has 0 saturated heterocycles. The van der Waals surface area contributed by atoms with Crippen molar-refractivity contribution in [3.05, 3.63) is 57.3 Å². The molecule has 0 aliphatic heterocycles. The maximum Gasteiger partial charge on any atom is 0.354 e. The first-order chi connectivity index (χ1) is 9.93. The number of hydrogen-bond acceptors (Lipinski definition) is 3. The quantitative estimate of drug-likeness (QED) is 0.479. The molecule has 0 fully saturated rings. The third-order valence-electron chi connectivity index (χ3n) is 3.22. The van der Waals surface area contributed by atoms with Crippen LogP contribution < -0.4 is 11.4 Å². The molecule has 0 saturated carbocycles. The van der Waals surface area contributed by atoms with Crippen molar-refractivity contribution in [1.29, 1.82) is 5.41 Å². The number of amidine groups is 1. The Morgan fingerprint density at radius 2 is 2.19 bits per heavy atom. The molecule has 0 unspecified atom stereocenters. The summed E-state index contributed by atoms with van der Waals surface area (Å²) in [5, 5.41) is 16.5. The second kappa shape index (κ2) is 5.66. The van der Waals surface area contributed by atoms with E-state index in [1.165, 1.54) is 4.57 Å². The topological polar surface area (TPSA) is 125 Å². The van der Waals surface area contributed by atoms with Crippen LogP contribution in [0.1, 0.15) is 34.2 Å². The molecule has 0 aliphatic carbocycles. The van der Waals surface area contributed by atoms with E-state index in [1.54, 1.807) is 31.2 Å². The van der Waals surface area contributed by atoms with Gasteiger partial charge < -0.3 is 10.8 Å². The number of rotatable bonds is 5. The molecule has 21 heavy (non-hydrogen) atoms. The number of aromatic nitrogens is 2. The lowest BCUT2D eigenvalue weighted by molar-refractivity contribution is 0.0689. The summed E-state index contributed by atoms with van der Waals surface area (Å²) < 4.78 is 1.39. The Morgan fingerprint density at radius 1 is 1.48 bits per heavy atom. The summed E-state index contributed by atoms with van der Waals surface area (Å²) in [5.74, 6) is -1.21. The summed E-state index contributed by atoms with van der Waals surface area (Å²) in [6.45, 7) is 2.02. The number of nitrogens with zero attached hydrogens (tertiary/aromatic N) is 1. The fraction of sp³-hybridized carbons (Fsp3) is 0.214. The van der Waals surface area contributed by atoms with Gasteiger partial charge in [-0.05, 0) is 18.1 Å². The largest absolute Gasteiger partial charge is 0.477 e. The van der Waals surface area contributed by atoms with Crippen LogP contribution in [0.2, 0.25) is 0 Å². The number of hydrogen-bond donors (Lipinski definition) is 4. The molecular weight excluding hydrogens is 272 g/mol. The zero-order chi connectivity index (χ0) is 15.6. The standard InChI is InChI=1S/C14H16N4O3/c1-2-10-11(13(19)20)17-14(21)18(10)7-8-4-3-5-9(6-8)12(15)16/h3-6H,2,7H2,1H3,(H3,15,16)(H,17,21)(H,19,20). The number of imidazole rings is 1.